The molecule has 10 heteroatoms. The lowest BCUT2D eigenvalue weighted by Gasteiger charge is -2.23. The van der Waals surface area contributed by atoms with E-state index >= 15 is 0 Å². The molecule has 0 radical (unpaired) electrons. The fraction of sp³-hybridized carbons (Fsp3) is 0.273. The second-order valence-corrected chi connectivity index (χ2v) is 7.51. The summed E-state index contributed by atoms with van der Waals surface area (Å²) in [6.45, 7) is 0. The average molecular weight is 439 g/mol. The second-order valence-electron chi connectivity index (χ2n) is 7.51. The number of rotatable bonds is 4. The van der Waals surface area contributed by atoms with Gasteiger partial charge in [0.2, 0.25) is 0 Å². The maximum Gasteiger partial charge on any atom is 0.324 e. The van der Waals surface area contributed by atoms with Crippen LogP contribution >= 0.6 is 0 Å². The van der Waals surface area contributed by atoms with Crippen LogP contribution in [0.15, 0.2) is 54.6 Å². The molecule has 0 amide bonds. The van der Waals surface area contributed by atoms with Gasteiger partial charge in [0, 0.05) is 0 Å². The Kier molecular flexibility index (Phi) is 6.93. The summed E-state index contributed by atoms with van der Waals surface area (Å²) >= 11 is 0. The van der Waals surface area contributed by atoms with Crippen molar-refractivity contribution in [1.82, 2.24) is 0 Å². The summed E-state index contributed by atoms with van der Waals surface area (Å²) in [5.41, 5.74) is -1.42. The van der Waals surface area contributed by atoms with Gasteiger partial charge in [-0.1, -0.05) is 61.7 Å². The van der Waals surface area contributed by atoms with Crippen molar-refractivity contribution in [2.75, 3.05) is 0 Å². The lowest BCUT2D eigenvalue weighted by Crippen LogP contribution is -2.04. The van der Waals surface area contributed by atoms with Crippen LogP contribution in [-0.4, -0.2) is 19.9 Å². The predicted octanol–water partition coefficient (Wildman–Crippen LogP) is 6.00. The second kappa shape index (κ2) is 9.82. The lowest BCUT2D eigenvalue weighted by molar-refractivity contribution is -0.404. The van der Waals surface area contributed by atoms with Crippen LogP contribution in [0.2, 0.25) is 0 Å². The quantitative estimate of drug-likeness (QED) is 0.386. The Morgan fingerprint density at radius 1 is 0.750 bits per heavy atom. The van der Waals surface area contributed by atoms with Crippen molar-refractivity contribution >= 4 is 27.8 Å². The molecule has 1 aliphatic rings. The minimum Gasteiger partial charge on any atom is -0.497 e. The van der Waals surface area contributed by atoms with Crippen LogP contribution in [0.25, 0.3) is 10.8 Å². The van der Waals surface area contributed by atoms with E-state index in [0.29, 0.717) is 12.1 Å². The van der Waals surface area contributed by atoms with E-state index in [4.69, 9.17) is 5.11 Å². The third-order valence-electron chi connectivity index (χ3n) is 5.53. The number of hydrogen-bond donors (Lipinski definition) is 1. The maximum atomic E-state index is 10.4. The molecule has 32 heavy (non-hydrogen) atoms. The Labute approximate surface area is 182 Å². The summed E-state index contributed by atoms with van der Waals surface area (Å²) in [5.74, 6) is -0.402. The molecule has 0 spiro atoms. The molecule has 0 aliphatic heterocycles. The number of phenolic OH excluding ortho intramolecular Hbond substituents is 1. The van der Waals surface area contributed by atoms with Crippen molar-refractivity contribution < 1.29 is 19.9 Å². The van der Waals surface area contributed by atoms with Crippen molar-refractivity contribution in [3.8, 4) is 5.75 Å². The molecule has 3 aromatic rings. The molecule has 4 rings (SSSR count). The van der Waals surface area contributed by atoms with Gasteiger partial charge in [0.25, 0.3) is 11.4 Å². The number of nitro benzene ring substituents is 3. The molecule has 1 aliphatic carbocycles. The highest BCUT2D eigenvalue weighted by Gasteiger charge is 2.30. The van der Waals surface area contributed by atoms with Crippen molar-refractivity contribution in [2.24, 2.45) is 0 Å². The van der Waals surface area contributed by atoms with Crippen molar-refractivity contribution in [3.63, 3.8) is 0 Å². The van der Waals surface area contributed by atoms with E-state index in [1.807, 2.05) is 0 Å². The Balaban J connectivity index is 0.000000181. The Morgan fingerprint density at radius 2 is 1.31 bits per heavy atom. The molecule has 0 atom stereocenters. The fourth-order valence-corrected chi connectivity index (χ4v) is 3.99. The SMILES string of the molecule is O=[N+]([O-])c1cc([N+](=O)[O-])c(O)c([N+](=O)[O-])c1.c1ccc2c(C3CCCCC3)cccc2c1. The molecule has 1 saturated carbocycles. The van der Waals surface area contributed by atoms with E-state index in [0.717, 1.165) is 5.92 Å². The summed E-state index contributed by atoms with van der Waals surface area (Å²) in [6.07, 6.45) is 7.02. The molecule has 0 bridgehead atoms. The van der Waals surface area contributed by atoms with Gasteiger partial charge in [-0.2, -0.15) is 0 Å². The number of nitro groups is 3. The van der Waals surface area contributed by atoms with Crippen molar-refractivity contribution in [2.45, 2.75) is 38.0 Å². The maximum absolute atomic E-state index is 10.4. The molecule has 0 heterocycles. The first-order valence-electron chi connectivity index (χ1n) is 10.1. The summed E-state index contributed by atoms with van der Waals surface area (Å²) < 4.78 is 0. The summed E-state index contributed by atoms with van der Waals surface area (Å²) in [7, 11) is 0. The molecular weight excluding hydrogens is 418 g/mol. The molecule has 10 nitrogen and oxygen atoms in total. The summed E-state index contributed by atoms with van der Waals surface area (Å²) in [6, 6.07) is 16.5. The molecule has 0 saturated heterocycles. The topological polar surface area (TPSA) is 150 Å². The first-order valence-corrected chi connectivity index (χ1v) is 10.1. The molecule has 3 aromatic carbocycles. The molecular formula is C22H21N3O7. The smallest absolute Gasteiger partial charge is 0.324 e. The minimum atomic E-state index is -1.21. The monoisotopic (exact) mass is 439 g/mol. The number of benzene rings is 3. The zero-order valence-electron chi connectivity index (χ0n) is 17.0. The van der Waals surface area contributed by atoms with Crippen molar-refractivity contribution in [3.05, 3.63) is 90.5 Å². The van der Waals surface area contributed by atoms with E-state index in [1.165, 1.54) is 42.9 Å². The largest absolute Gasteiger partial charge is 0.497 e. The van der Waals surface area contributed by atoms with Gasteiger partial charge < -0.3 is 5.11 Å². The van der Waals surface area contributed by atoms with Crippen LogP contribution in [0.4, 0.5) is 17.1 Å². The highest BCUT2D eigenvalue weighted by atomic mass is 16.6. The van der Waals surface area contributed by atoms with Gasteiger partial charge in [-0.15, -0.1) is 0 Å². The fourth-order valence-electron chi connectivity index (χ4n) is 3.99. The van der Waals surface area contributed by atoms with Gasteiger partial charge in [0.15, 0.2) is 0 Å². The van der Waals surface area contributed by atoms with Crippen LogP contribution in [-0.2, 0) is 0 Å². The van der Waals surface area contributed by atoms with Gasteiger partial charge in [-0.25, -0.2) is 0 Å². The molecule has 1 N–H and O–H groups in total. The lowest BCUT2D eigenvalue weighted by atomic mass is 9.82. The highest BCUT2D eigenvalue weighted by Crippen LogP contribution is 2.39. The van der Waals surface area contributed by atoms with Gasteiger partial charge in [-0.3, -0.25) is 30.3 Å². The summed E-state index contributed by atoms with van der Waals surface area (Å²) in [4.78, 5) is 27.8. The summed E-state index contributed by atoms with van der Waals surface area (Å²) in [5, 5.41) is 43.1. The first-order chi connectivity index (χ1) is 15.3. The van der Waals surface area contributed by atoms with E-state index in [9.17, 15) is 30.3 Å². The van der Waals surface area contributed by atoms with Crippen LogP contribution in [0, 0.1) is 30.3 Å². The van der Waals surface area contributed by atoms with Gasteiger partial charge in [0.05, 0.1) is 26.9 Å². The van der Waals surface area contributed by atoms with E-state index in [2.05, 4.69) is 42.5 Å². The van der Waals surface area contributed by atoms with Crippen LogP contribution < -0.4 is 0 Å². The Bertz CT molecular complexity index is 1130. The third-order valence-corrected chi connectivity index (χ3v) is 5.53. The average Bonchev–Trinajstić information content (AvgIpc) is 2.79. The third kappa shape index (κ3) is 4.97. The number of nitrogens with zero attached hydrogens (tertiary/aromatic N) is 3. The van der Waals surface area contributed by atoms with Crippen LogP contribution in [0.1, 0.15) is 43.6 Å². The number of phenols is 1. The van der Waals surface area contributed by atoms with E-state index in [-0.39, 0.29) is 0 Å². The van der Waals surface area contributed by atoms with E-state index < -0.39 is 37.6 Å². The van der Waals surface area contributed by atoms with Gasteiger partial charge in [0.1, 0.15) is 0 Å². The molecule has 0 aromatic heterocycles. The molecule has 0 unspecified atom stereocenters. The zero-order valence-corrected chi connectivity index (χ0v) is 17.0. The number of fused-ring (bicyclic) bond motifs is 1. The number of aromatic hydroxyl groups is 1. The molecule has 166 valence electrons. The van der Waals surface area contributed by atoms with E-state index in [1.54, 1.807) is 5.56 Å². The zero-order chi connectivity index (χ0) is 23.3. The van der Waals surface area contributed by atoms with Crippen LogP contribution in [0.5, 0.6) is 5.75 Å². The highest BCUT2D eigenvalue weighted by molar-refractivity contribution is 5.86. The predicted molar refractivity (Wildman–Crippen MR) is 118 cm³/mol. The molecule has 1 fully saturated rings. The van der Waals surface area contributed by atoms with Gasteiger partial charge >= 0.3 is 11.4 Å². The Hall–Kier alpha value is -4.08. The minimum absolute atomic E-state index is 0.447. The normalized spacial score (nSPS) is 13.8. The van der Waals surface area contributed by atoms with Crippen LogP contribution in [0.3, 0.4) is 0 Å². The number of hydrogen-bond acceptors (Lipinski definition) is 7. The number of non-ortho nitro benzene ring substituents is 1. The first kappa shape index (κ1) is 22.6. The standard InChI is InChI=1S/C16H18.C6H3N3O7/c1-2-7-13(8-3-1)16-12-6-10-14-9-4-5-11-15(14)16;10-6-4(8(13)14)1-3(7(11)12)2-5(6)9(15)16/h4-6,9-13H,1-3,7-8H2;1-2,10H. The van der Waals surface area contributed by atoms with Crippen molar-refractivity contribution in [1.29, 1.82) is 0 Å². The Morgan fingerprint density at radius 3 is 1.88 bits per heavy atom. The van der Waals surface area contributed by atoms with Gasteiger partial charge in [-0.05, 0) is 35.1 Å².